The molecule has 1 atom stereocenters. The van der Waals surface area contributed by atoms with Crippen LogP contribution in [0.5, 0.6) is 0 Å². The van der Waals surface area contributed by atoms with Crippen LogP contribution < -0.4 is 10.6 Å². The molecule has 2 aromatic carbocycles. The lowest BCUT2D eigenvalue weighted by Gasteiger charge is -2.15. The van der Waals surface area contributed by atoms with Crippen LogP contribution in [0.25, 0.3) is 10.9 Å². The molecule has 2 heterocycles. The van der Waals surface area contributed by atoms with E-state index in [1.807, 2.05) is 36.4 Å². The molecule has 0 aliphatic carbocycles. The van der Waals surface area contributed by atoms with E-state index in [0.717, 1.165) is 47.2 Å². The largest absolute Gasteiger partial charge is 0.321 e. The molecule has 0 unspecified atom stereocenters. The van der Waals surface area contributed by atoms with Gasteiger partial charge in [-0.25, -0.2) is 0 Å². The van der Waals surface area contributed by atoms with Crippen molar-refractivity contribution < 1.29 is 4.79 Å². The van der Waals surface area contributed by atoms with E-state index in [9.17, 15) is 4.79 Å². The number of hydrogen-bond acceptors (Lipinski definition) is 3. The van der Waals surface area contributed by atoms with Crippen molar-refractivity contribution in [3.63, 3.8) is 0 Å². The Morgan fingerprint density at radius 1 is 1.17 bits per heavy atom. The van der Waals surface area contributed by atoms with Gasteiger partial charge in [-0.15, -0.1) is 0 Å². The fourth-order valence-corrected chi connectivity index (χ4v) is 3.25. The average molecular weight is 306 g/mol. The van der Waals surface area contributed by atoms with Crippen LogP contribution in [-0.2, 0) is 0 Å². The molecule has 3 aromatic rings. The maximum atomic E-state index is 12.8. The van der Waals surface area contributed by atoms with Crippen LogP contribution >= 0.6 is 0 Å². The summed E-state index contributed by atoms with van der Waals surface area (Å²) in [6.07, 6.45) is 2.80. The molecule has 1 fully saturated rings. The maximum Gasteiger partial charge on any atom is 0.255 e. The van der Waals surface area contributed by atoms with E-state index >= 15 is 0 Å². The highest BCUT2D eigenvalue weighted by Crippen LogP contribution is 2.27. The minimum absolute atomic E-state index is 0.0683. The zero-order chi connectivity index (χ0) is 15.6. The minimum Gasteiger partial charge on any atom is -0.321 e. The summed E-state index contributed by atoms with van der Waals surface area (Å²) in [7, 11) is 0. The van der Waals surface area contributed by atoms with Crippen LogP contribution in [0, 0.1) is 0 Å². The number of anilines is 1. The topological polar surface area (TPSA) is 69.8 Å². The normalized spacial score (nSPS) is 17.5. The van der Waals surface area contributed by atoms with Crippen molar-refractivity contribution in [2.45, 2.75) is 12.3 Å². The van der Waals surface area contributed by atoms with Crippen molar-refractivity contribution in [1.82, 2.24) is 15.5 Å². The molecule has 5 heteroatoms. The van der Waals surface area contributed by atoms with Gasteiger partial charge in [0.15, 0.2) is 0 Å². The molecular weight excluding hydrogens is 288 g/mol. The zero-order valence-electron chi connectivity index (χ0n) is 12.7. The molecule has 1 saturated heterocycles. The summed E-state index contributed by atoms with van der Waals surface area (Å²) in [5.41, 5.74) is 3.56. The lowest BCUT2D eigenvalue weighted by Crippen LogP contribution is -2.17. The fourth-order valence-electron chi connectivity index (χ4n) is 3.25. The van der Waals surface area contributed by atoms with Gasteiger partial charge in [0.25, 0.3) is 5.91 Å². The molecule has 1 aromatic heterocycles. The molecule has 0 radical (unpaired) electrons. The first-order valence-corrected chi connectivity index (χ1v) is 7.86. The summed E-state index contributed by atoms with van der Waals surface area (Å²) < 4.78 is 0. The van der Waals surface area contributed by atoms with Crippen LogP contribution in [0.3, 0.4) is 0 Å². The number of benzene rings is 2. The van der Waals surface area contributed by atoms with Gasteiger partial charge in [-0.05, 0) is 42.6 Å². The molecule has 1 aliphatic rings. The van der Waals surface area contributed by atoms with E-state index in [-0.39, 0.29) is 5.91 Å². The summed E-state index contributed by atoms with van der Waals surface area (Å²) in [5, 5.41) is 14.3. The third-order valence-electron chi connectivity index (χ3n) is 4.44. The molecule has 0 spiro atoms. The fraction of sp³-hybridized carbons (Fsp3) is 0.222. The van der Waals surface area contributed by atoms with Crippen molar-refractivity contribution in [3.8, 4) is 0 Å². The second-order valence-electron chi connectivity index (χ2n) is 5.87. The zero-order valence-corrected chi connectivity index (χ0v) is 12.7. The summed E-state index contributed by atoms with van der Waals surface area (Å²) >= 11 is 0. The van der Waals surface area contributed by atoms with Crippen molar-refractivity contribution in [1.29, 1.82) is 0 Å². The molecule has 23 heavy (non-hydrogen) atoms. The SMILES string of the molecule is O=C(Nc1cccc2[nH]ncc12)c1ccccc1[C@@H]1CCNC1. The quantitative estimate of drug-likeness (QED) is 0.697. The Morgan fingerprint density at radius 3 is 2.96 bits per heavy atom. The standard InChI is InChI=1S/C18H18N4O/c23-18(21-16-6-3-7-17-15(16)11-20-22-17)14-5-2-1-4-13(14)12-8-9-19-10-12/h1-7,11-12,19H,8-10H2,(H,20,22)(H,21,23)/t12-/m1/s1. The smallest absolute Gasteiger partial charge is 0.255 e. The van der Waals surface area contributed by atoms with Crippen LogP contribution in [0.1, 0.15) is 28.3 Å². The molecule has 0 bridgehead atoms. The Balaban J connectivity index is 1.66. The molecule has 116 valence electrons. The molecule has 5 nitrogen and oxygen atoms in total. The predicted octanol–water partition coefficient (Wildman–Crippen LogP) is 2.89. The van der Waals surface area contributed by atoms with E-state index < -0.39 is 0 Å². The highest BCUT2D eigenvalue weighted by molar-refractivity contribution is 6.09. The van der Waals surface area contributed by atoms with Gasteiger partial charge in [-0.2, -0.15) is 5.10 Å². The number of fused-ring (bicyclic) bond motifs is 1. The Morgan fingerprint density at radius 2 is 2.09 bits per heavy atom. The van der Waals surface area contributed by atoms with Gasteiger partial charge in [0.05, 0.1) is 17.4 Å². The van der Waals surface area contributed by atoms with Gasteiger partial charge in [0.1, 0.15) is 0 Å². The molecule has 1 amide bonds. The number of amides is 1. The van der Waals surface area contributed by atoms with Gasteiger partial charge in [-0.1, -0.05) is 24.3 Å². The third kappa shape index (κ3) is 2.59. The van der Waals surface area contributed by atoms with Crippen LogP contribution in [0.15, 0.2) is 48.7 Å². The number of nitrogens with zero attached hydrogens (tertiary/aromatic N) is 1. The van der Waals surface area contributed by atoms with E-state index in [4.69, 9.17) is 0 Å². The Hall–Kier alpha value is -2.66. The van der Waals surface area contributed by atoms with Crippen LogP contribution in [-0.4, -0.2) is 29.2 Å². The summed E-state index contributed by atoms with van der Waals surface area (Å²) in [6.45, 7) is 1.94. The van der Waals surface area contributed by atoms with E-state index in [1.165, 1.54) is 0 Å². The first-order valence-electron chi connectivity index (χ1n) is 7.86. The van der Waals surface area contributed by atoms with E-state index in [0.29, 0.717) is 5.92 Å². The van der Waals surface area contributed by atoms with Gasteiger partial charge >= 0.3 is 0 Å². The molecule has 0 saturated carbocycles. The average Bonchev–Trinajstić information content (AvgIpc) is 3.27. The van der Waals surface area contributed by atoms with Gasteiger partial charge < -0.3 is 10.6 Å². The number of aromatic amines is 1. The lowest BCUT2D eigenvalue weighted by molar-refractivity contribution is 0.102. The Labute approximate surface area is 134 Å². The molecule has 3 N–H and O–H groups in total. The first-order chi connectivity index (χ1) is 11.3. The number of H-pyrrole nitrogens is 1. The van der Waals surface area contributed by atoms with Gasteiger partial charge in [0.2, 0.25) is 0 Å². The number of carbonyl (C=O) groups excluding carboxylic acids is 1. The minimum atomic E-state index is -0.0683. The highest BCUT2D eigenvalue weighted by Gasteiger charge is 2.22. The Kier molecular flexibility index (Phi) is 3.55. The highest BCUT2D eigenvalue weighted by atomic mass is 16.1. The summed E-state index contributed by atoms with van der Waals surface area (Å²) in [4.78, 5) is 12.8. The summed E-state index contributed by atoms with van der Waals surface area (Å²) in [5.74, 6) is 0.336. The van der Waals surface area contributed by atoms with Gasteiger partial charge in [0, 0.05) is 17.5 Å². The second kappa shape index (κ2) is 5.85. The van der Waals surface area contributed by atoms with Gasteiger partial charge in [-0.3, -0.25) is 9.89 Å². The maximum absolute atomic E-state index is 12.8. The number of aromatic nitrogens is 2. The van der Waals surface area contributed by atoms with E-state index in [2.05, 4.69) is 26.9 Å². The number of carbonyl (C=O) groups is 1. The van der Waals surface area contributed by atoms with Crippen LogP contribution in [0.4, 0.5) is 5.69 Å². The molecular formula is C18H18N4O. The molecule has 1 aliphatic heterocycles. The van der Waals surface area contributed by atoms with Crippen molar-refractivity contribution in [2.75, 3.05) is 18.4 Å². The number of rotatable bonds is 3. The number of nitrogens with one attached hydrogen (secondary N) is 3. The van der Waals surface area contributed by atoms with E-state index in [1.54, 1.807) is 6.20 Å². The predicted molar refractivity (Wildman–Crippen MR) is 90.7 cm³/mol. The monoisotopic (exact) mass is 306 g/mol. The molecule has 4 rings (SSSR count). The van der Waals surface area contributed by atoms with Crippen molar-refractivity contribution in [3.05, 3.63) is 59.8 Å². The van der Waals surface area contributed by atoms with Crippen LogP contribution in [0.2, 0.25) is 0 Å². The Bertz CT molecular complexity index is 849. The second-order valence-corrected chi connectivity index (χ2v) is 5.87. The lowest BCUT2D eigenvalue weighted by atomic mass is 9.93. The number of hydrogen-bond donors (Lipinski definition) is 3. The summed E-state index contributed by atoms with van der Waals surface area (Å²) in [6, 6.07) is 13.6. The van der Waals surface area contributed by atoms with Crippen molar-refractivity contribution >= 4 is 22.5 Å². The first kappa shape index (κ1) is 14.0. The third-order valence-corrected chi connectivity index (χ3v) is 4.44. The van der Waals surface area contributed by atoms with Crippen molar-refractivity contribution in [2.24, 2.45) is 0 Å².